The molecule has 0 aliphatic carbocycles. The molecule has 0 aliphatic heterocycles. The Morgan fingerprint density at radius 1 is 1.42 bits per heavy atom. The Morgan fingerprint density at radius 3 is 2.79 bits per heavy atom. The second kappa shape index (κ2) is 7.32. The molecule has 0 atom stereocenters. The minimum Gasteiger partial charge on any atom is -0.452 e. The van der Waals surface area contributed by atoms with E-state index in [1.54, 1.807) is 0 Å². The highest BCUT2D eigenvalue weighted by molar-refractivity contribution is 5.91. The normalized spacial score (nSPS) is 10.0. The molecular formula is C12H15FN2O4. The van der Waals surface area contributed by atoms with E-state index in [1.165, 1.54) is 19.2 Å². The number of anilines is 1. The van der Waals surface area contributed by atoms with Crippen LogP contribution in [0.5, 0.6) is 0 Å². The van der Waals surface area contributed by atoms with Gasteiger partial charge in [0.2, 0.25) is 0 Å². The smallest absolute Gasteiger partial charge is 0.341 e. The number of methoxy groups -OCH3 is 1. The maximum Gasteiger partial charge on any atom is 0.341 e. The first-order valence-corrected chi connectivity index (χ1v) is 5.52. The van der Waals surface area contributed by atoms with Gasteiger partial charge in [0.1, 0.15) is 5.82 Å². The number of carbonyl (C=O) groups excluding carboxylic acids is 2. The zero-order valence-electron chi connectivity index (χ0n) is 10.4. The van der Waals surface area contributed by atoms with Crippen LogP contribution in [0.1, 0.15) is 10.4 Å². The summed E-state index contributed by atoms with van der Waals surface area (Å²) in [6, 6.07) is 3.59. The number of halogens is 1. The van der Waals surface area contributed by atoms with E-state index in [2.05, 4.69) is 10.1 Å². The molecule has 3 N–H and O–H groups in total. The quantitative estimate of drug-likeness (QED) is 0.441. The molecule has 0 saturated carbocycles. The Bertz CT molecular complexity index is 465. The zero-order chi connectivity index (χ0) is 14.3. The second-order valence-corrected chi connectivity index (χ2v) is 3.66. The van der Waals surface area contributed by atoms with Crippen molar-refractivity contribution in [2.75, 3.05) is 32.6 Å². The molecule has 0 saturated heterocycles. The van der Waals surface area contributed by atoms with Crippen molar-refractivity contribution in [2.24, 2.45) is 0 Å². The zero-order valence-corrected chi connectivity index (χ0v) is 10.4. The minimum absolute atomic E-state index is 0.200. The number of nitrogen functional groups attached to an aromatic ring is 1. The molecule has 1 aromatic carbocycles. The largest absolute Gasteiger partial charge is 0.452 e. The van der Waals surface area contributed by atoms with Crippen LogP contribution in [0, 0.1) is 5.82 Å². The van der Waals surface area contributed by atoms with Gasteiger partial charge in [-0.2, -0.15) is 0 Å². The number of nitrogens with two attached hydrogens (primary N) is 1. The number of hydrogen-bond acceptors (Lipinski definition) is 5. The third-order valence-corrected chi connectivity index (χ3v) is 2.18. The van der Waals surface area contributed by atoms with E-state index in [1.807, 2.05) is 0 Å². The van der Waals surface area contributed by atoms with E-state index in [0.717, 1.165) is 6.07 Å². The van der Waals surface area contributed by atoms with Crippen molar-refractivity contribution >= 4 is 17.6 Å². The lowest BCUT2D eigenvalue weighted by Gasteiger charge is -2.07. The van der Waals surface area contributed by atoms with Crippen molar-refractivity contribution in [1.82, 2.24) is 5.32 Å². The van der Waals surface area contributed by atoms with Gasteiger partial charge in [0.05, 0.1) is 12.2 Å². The summed E-state index contributed by atoms with van der Waals surface area (Å²) in [6.45, 7) is 0.182. The van der Waals surface area contributed by atoms with E-state index >= 15 is 0 Å². The summed E-state index contributed by atoms with van der Waals surface area (Å²) in [5.74, 6) is -2.19. The maximum absolute atomic E-state index is 13.4. The van der Waals surface area contributed by atoms with Crippen molar-refractivity contribution < 1.29 is 23.5 Å². The molecule has 19 heavy (non-hydrogen) atoms. The number of esters is 1. The first kappa shape index (κ1) is 14.9. The number of rotatable bonds is 6. The van der Waals surface area contributed by atoms with E-state index in [9.17, 15) is 14.0 Å². The van der Waals surface area contributed by atoms with Gasteiger partial charge in [0.25, 0.3) is 5.91 Å². The number of amides is 1. The summed E-state index contributed by atoms with van der Waals surface area (Å²) < 4.78 is 22.8. The average Bonchev–Trinajstić information content (AvgIpc) is 2.36. The molecule has 0 heterocycles. The third kappa shape index (κ3) is 4.92. The molecule has 0 fully saturated rings. The van der Waals surface area contributed by atoms with Crippen molar-refractivity contribution in [1.29, 1.82) is 0 Å². The van der Waals surface area contributed by atoms with Crippen LogP contribution in [-0.2, 0) is 14.3 Å². The summed E-state index contributed by atoms with van der Waals surface area (Å²) in [6.07, 6.45) is 0. The molecule has 7 heteroatoms. The Hall–Kier alpha value is -2.15. The van der Waals surface area contributed by atoms with Gasteiger partial charge in [-0.05, 0) is 18.2 Å². The van der Waals surface area contributed by atoms with Crippen LogP contribution >= 0.6 is 0 Å². The van der Waals surface area contributed by atoms with Gasteiger partial charge in [-0.15, -0.1) is 0 Å². The lowest BCUT2D eigenvalue weighted by atomic mass is 10.2. The number of hydrogen-bond donors (Lipinski definition) is 2. The third-order valence-electron chi connectivity index (χ3n) is 2.18. The molecule has 0 bridgehead atoms. The number of benzene rings is 1. The Kier molecular flexibility index (Phi) is 5.74. The van der Waals surface area contributed by atoms with Crippen molar-refractivity contribution in [3.8, 4) is 0 Å². The van der Waals surface area contributed by atoms with E-state index in [0.29, 0.717) is 13.2 Å². The Labute approximate surface area is 109 Å². The molecule has 104 valence electrons. The minimum atomic E-state index is -0.917. The fraction of sp³-hybridized carbons (Fsp3) is 0.333. The summed E-state index contributed by atoms with van der Waals surface area (Å²) in [7, 11) is 1.50. The molecule has 1 rings (SSSR count). The van der Waals surface area contributed by atoms with Gasteiger partial charge in [0, 0.05) is 19.3 Å². The predicted octanol–water partition coefficient (Wildman–Crippen LogP) is 0.327. The van der Waals surface area contributed by atoms with Crippen LogP contribution < -0.4 is 11.1 Å². The van der Waals surface area contributed by atoms with E-state index in [-0.39, 0.29) is 11.3 Å². The summed E-state index contributed by atoms with van der Waals surface area (Å²) in [4.78, 5) is 22.7. The van der Waals surface area contributed by atoms with Crippen LogP contribution in [0.4, 0.5) is 10.1 Å². The Morgan fingerprint density at radius 2 is 2.16 bits per heavy atom. The fourth-order valence-corrected chi connectivity index (χ4v) is 1.25. The fourth-order valence-electron chi connectivity index (χ4n) is 1.25. The summed E-state index contributed by atoms with van der Waals surface area (Å²) in [5, 5.41) is 2.46. The van der Waals surface area contributed by atoms with Crippen molar-refractivity contribution in [2.45, 2.75) is 0 Å². The van der Waals surface area contributed by atoms with Crippen LogP contribution in [-0.4, -0.2) is 38.7 Å². The monoisotopic (exact) mass is 270 g/mol. The van der Waals surface area contributed by atoms with E-state index in [4.69, 9.17) is 10.5 Å². The first-order chi connectivity index (χ1) is 9.04. The summed E-state index contributed by atoms with van der Waals surface area (Å²) >= 11 is 0. The van der Waals surface area contributed by atoms with Crippen LogP contribution in [0.3, 0.4) is 0 Å². The Balaban J connectivity index is 2.45. The maximum atomic E-state index is 13.4. The highest BCUT2D eigenvalue weighted by Crippen LogP contribution is 2.12. The topological polar surface area (TPSA) is 90.6 Å². The molecule has 1 amide bonds. The van der Waals surface area contributed by atoms with Gasteiger partial charge in [-0.25, -0.2) is 9.18 Å². The van der Waals surface area contributed by atoms with E-state index < -0.39 is 24.3 Å². The lowest BCUT2D eigenvalue weighted by Crippen LogP contribution is -2.31. The molecule has 0 spiro atoms. The lowest BCUT2D eigenvalue weighted by molar-refractivity contribution is -0.124. The van der Waals surface area contributed by atoms with Gasteiger partial charge in [0.15, 0.2) is 6.61 Å². The van der Waals surface area contributed by atoms with Gasteiger partial charge in [-0.1, -0.05) is 0 Å². The molecule has 0 aliphatic rings. The second-order valence-electron chi connectivity index (χ2n) is 3.66. The molecule has 0 unspecified atom stereocenters. The highest BCUT2D eigenvalue weighted by atomic mass is 19.1. The van der Waals surface area contributed by atoms with Gasteiger partial charge in [-0.3, -0.25) is 4.79 Å². The molecule has 0 aromatic heterocycles. The number of carbonyl (C=O) groups is 2. The summed E-state index contributed by atoms with van der Waals surface area (Å²) in [5.41, 5.74) is 5.29. The first-order valence-electron chi connectivity index (χ1n) is 5.52. The predicted molar refractivity (Wildman–Crippen MR) is 66.0 cm³/mol. The number of nitrogens with one attached hydrogen (secondary N) is 1. The molecular weight excluding hydrogens is 255 g/mol. The highest BCUT2D eigenvalue weighted by Gasteiger charge is 2.14. The number of ether oxygens (including phenoxy) is 2. The average molecular weight is 270 g/mol. The molecule has 1 aromatic rings. The standard InChI is InChI=1S/C12H15FN2O4/c1-18-5-4-15-11(16)7-19-12(17)9-3-2-8(14)6-10(9)13/h2-3,6H,4-5,7,14H2,1H3,(H,15,16). The van der Waals surface area contributed by atoms with Crippen molar-refractivity contribution in [3.63, 3.8) is 0 Å². The van der Waals surface area contributed by atoms with Crippen molar-refractivity contribution in [3.05, 3.63) is 29.6 Å². The van der Waals surface area contributed by atoms with Gasteiger partial charge >= 0.3 is 5.97 Å². The SMILES string of the molecule is COCCNC(=O)COC(=O)c1ccc(N)cc1F. The van der Waals surface area contributed by atoms with Gasteiger partial charge < -0.3 is 20.5 Å². The molecule has 0 radical (unpaired) electrons. The van der Waals surface area contributed by atoms with Crippen LogP contribution in [0.25, 0.3) is 0 Å². The molecule has 6 nitrogen and oxygen atoms in total. The van der Waals surface area contributed by atoms with Crippen LogP contribution in [0.2, 0.25) is 0 Å². The van der Waals surface area contributed by atoms with Crippen LogP contribution in [0.15, 0.2) is 18.2 Å².